The first-order valence-electron chi connectivity index (χ1n) is 5.22. The van der Waals surface area contributed by atoms with E-state index in [0.717, 1.165) is 12.8 Å². The fourth-order valence-corrected chi connectivity index (χ4v) is 2.24. The SMILES string of the molecule is NCCC(F)C1Cc2ccccc2C1. The van der Waals surface area contributed by atoms with Gasteiger partial charge in [-0.2, -0.15) is 0 Å². The summed E-state index contributed by atoms with van der Waals surface area (Å²) >= 11 is 0. The maximum Gasteiger partial charge on any atom is 0.105 e. The molecule has 1 aromatic rings. The number of benzene rings is 1. The first-order valence-corrected chi connectivity index (χ1v) is 5.22. The molecule has 1 nitrogen and oxygen atoms in total. The standard InChI is InChI=1S/C12H16FN/c13-12(5-6-14)11-7-9-3-1-2-4-10(9)8-11/h1-4,11-12H,5-8,14H2. The molecule has 0 amide bonds. The molecule has 1 atom stereocenters. The number of hydrogen-bond donors (Lipinski definition) is 1. The lowest BCUT2D eigenvalue weighted by Crippen LogP contribution is -2.19. The highest BCUT2D eigenvalue weighted by atomic mass is 19.1. The molecule has 1 aliphatic carbocycles. The topological polar surface area (TPSA) is 26.0 Å². The van der Waals surface area contributed by atoms with Crippen LogP contribution in [0.15, 0.2) is 24.3 Å². The van der Waals surface area contributed by atoms with Gasteiger partial charge in [0.25, 0.3) is 0 Å². The Bertz CT molecular complexity index is 286. The van der Waals surface area contributed by atoms with Crippen molar-refractivity contribution in [1.82, 2.24) is 0 Å². The van der Waals surface area contributed by atoms with E-state index in [1.54, 1.807) is 0 Å². The van der Waals surface area contributed by atoms with Crippen LogP contribution in [0.5, 0.6) is 0 Å². The zero-order valence-electron chi connectivity index (χ0n) is 8.25. The van der Waals surface area contributed by atoms with Crippen LogP contribution in [-0.2, 0) is 12.8 Å². The summed E-state index contributed by atoms with van der Waals surface area (Å²) in [4.78, 5) is 0. The number of rotatable bonds is 3. The van der Waals surface area contributed by atoms with Crippen LogP contribution < -0.4 is 5.73 Å². The van der Waals surface area contributed by atoms with Crippen molar-refractivity contribution in [2.45, 2.75) is 25.4 Å². The highest BCUT2D eigenvalue weighted by molar-refractivity contribution is 5.32. The van der Waals surface area contributed by atoms with Gasteiger partial charge in [0.05, 0.1) is 0 Å². The van der Waals surface area contributed by atoms with Gasteiger partial charge < -0.3 is 5.73 Å². The van der Waals surface area contributed by atoms with E-state index in [-0.39, 0.29) is 5.92 Å². The smallest absolute Gasteiger partial charge is 0.105 e. The molecule has 0 heterocycles. The summed E-state index contributed by atoms with van der Waals surface area (Å²) in [6.45, 7) is 0.452. The van der Waals surface area contributed by atoms with Gasteiger partial charge in [0.2, 0.25) is 0 Å². The van der Waals surface area contributed by atoms with Crippen LogP contribution in [0, 0.1) is 5.92 Å². The molecule has 0 aliphatic heterocycles. The van der Waals surface area contributed by atoms with Gasteiger partial charge in [-0.25, -0.2) is 4.39 Å². The van der Waals surface area contributed by atoms with Crippen LogP contribution in [0.25, 0.3) is 0 Å². The molecule has 0 aromatic heterocycles. The Balaban J connectivity index is 2.04. The van der Waals surface area contributed by atoms with Gasteiger partial charge in [-0.05, 0) is 42.9 Å². The maximum atomic E-state index is 13.6. The summed E-state index contributed by atoms with van der Waals surface area (Å²) in [5.41, 5.74) is 8.00. The zero-order valence-corrected chi connectivity index (χ0v) is 8.25. The average Bonchev–Trinajstić information content (AvgIpc) is 2.61. The predicted octanol–water partition coefficient (Wildman–Crippen LogP) is 2.09. The lowest BCUT2D eigenvalue weighted by atomic mass is 9.98. The highest BCUT2D eigenvalue weighted by Gasteiger charge is 2.27. The van der Waals surface area contributed by atoms with Crippen molar-refractivity contribution in [2.24, 2.45) is 11.7 Å². The third-order valence-corrected chi connectivity index (χ3v) is 3.04. The molecule has 0 fully saturated rings. The minimum Gasteiger partial charge on any atom is -0.330 e. The summed E-state index contributed by atoms with van der Waals surface area (Å²) in [7, 11) is 0. The Kier molecular flexibility index (Phi) is 2.82. The number of hydrogen-bond acceptors (Lipinski definition) is 1. The van der Waals surface area contributed by atoms with Crippen molar-refractivity contribution in [2.75, 3.05) is 6.54 Å². The summed E-state index contributed by atoms with van der Waals surface area (Å²) < 4.78 is 13.6. The Morgan fingerprint density at radius 2 is 1.86 bits per heavy atom. The lowest BCUT2D eigenvalue weighted by Gasteiger charge is -2.13. The van der Waals surface area contributed by atoms with Crippen LogP contribution in [0.1, 0.15) is 17.5 Å². The van der Waals surface area contributed by atoms with Gasteiger partial charge in [-0.1, -0.05) is 24.3 Å². The second-order valence-corrected chi connectivity index (χ2v) is 4.03. The first kappa shape index (κ1) is 9.66. The van der Waals surface area contributed by atoms with Gasteiger partial charge in [-0.15, -0.1) is 0 Å². The largest absolute Gasteiger partial charge is 0.330 e. The molecule has 1 unspecified atom stereocenters. The highest BCUT2D eigenvalue weighted by Crippen LogP contribution is 2.30. The van der Waals surface area contributed by atoms with Crippen molar-refractivity contribution < 1.29 is 4.39 Å². The van der Waals surface area contributed by atoms with E-state index < -0.39 is 6.17 Å². The number of nitrogens with two attached hydrogens (primary N) is 1. The second-order valence-electron chi connectivity index (χ2n) is 4.03. The van der Waals surface area contributed by atoms with E-state index in [4.69, 9.17) is 5.73 Å². The number of fused-ring (bicyclic) bond motifs is 1. The maximum absolute atomic E-state index is 13.6. The minimum absolute atomic E-state index is 0.163. The van der Waals surface area contributed by atoms with Crippen molar-refractivity contribution >= 4 is 0 Å². The van der Waals surface area contributed by atoms with Crippen molar-refractivity contribution in [1.29, 1.82) is 0 Å². The fraction of sp³-hybridized carbons (Fsp3) is 0.500. The molecule has 14 heavy (non-hydrogen) atoms. The number of alkyl halides is 1. The molecule has 0 spiro atoms. The first-order chi connectivity index (χ1) is 6.81. The third-order valence-electron chi connectivity index (χ3n) is 3.04. The van der Waals surface area contributed by atoms with Crippen LogP contribution in [0.2, 0.25) is 0 Å². The Morgan fingerprint density at radius 3 is 2.36 bits per heavy atom. The summed E-state index contributed by atoms with van der Waals surface area (Å²) in [5, 5.41) is 0. The summed E-state index contributed by atoms with van der Waals surface area (Å²) in [5.74, 6) is 0.163. The molecule has 0 saturated heterocycles. The molecule has 1 aromatic carbocycles. The molecule has 0 radical (unpaired) electrons. The molecular formula is C12H16FN. The molecule has 76 valence electrons. The van der Waals surface area contributed by atoms with Gasteiger partial charge in [0, 0.05) is 0 Å². The van der Waals surface area contributed by atoms with E-state index in [1.165, 1.54) is 11.1 Å². The van der Waals surface area contributed by atoms with Crippen molar-refractivity contribution in [3.8, 4) is 0 Å². The monoisotopic (exact) mass is 193 g/mol. The summed E-state index contributed by atoms with van der Waals surface area (Å²) in [6.07, 6.45) is 1.54. The average molecular weight is 193 g/mol. The van der Waals surface area contributed by atoms with E-state index in [9.17, 15) is 4.39 Å². The van der Waals surface area contributed by atoms with Crippen LogP contribution >= 0.6 is 0 Å². The molecule has 1 aliphatic rings. The molecule has 0 bridgehead atoms. The van der Waals surface area contributed by atoms with E-state index in [2.05, 4.69) is 12.1 Å². The number of halogens is 1. The zero-order chi connectivity index (χ0) is 9.97. The second kappa shape index (κ2) is 4.09. The van der Waals surface area contributed by atoms with Crippen molar-refractivity contribution in [3.05, 3.63) is 35.4 Å². The van der Waals surface area contributed by atoms with Gasteiger partial charge in [0.1, 0.15) is 6.17 Å². The molecule has 0 saturated carbocycles. The van der Waals surface area contributed by atoms with E-state index in [1.807, 2.05) is 12.1 Å². The lowest BCUT2D eigenvalue weighted by molar-refractivity contribution is 0.223. The third kappa shape index (κ3) is 1.80. The van der Waals surface area contributed by atoms with Gasteiger partial charge in [-0.3, -0.25) is 0 Å². The Labute approximate surface area is 84.1 Å². The van der Waals surface area contributed by atoms with Crippen molar-refractivity contribution in [3.63, 3.8) is 0 Å². The predicted molar refractivity (Wildman–Crippen MR) is 55.9 cm³/mol. The van der Waals surface area contributed by atoms with Crippen LogP contribution in [0.3, 0.4) is 0 Å². The molecule has 2 heteroatoms. The molecular weight excluding hydrogens is 177 g/mol. The Hall–Kier alpha value is -0.890. The molecule has 2 N–H and O–H groups in total. The van der Waals surface area contributed by atoms with Gasteiger partial charge >= 0.3 is 0 Å². The minimum atomic E-state index is -0.729. The van der Waals surface area contributed by atoms with E-state index in [0.29, 0.717) is 13.0 Å². The van der Waals surface area contributed by atoms with Crippen LogP contribution in [-0.4, -0.2) is 12.7 Å². The quantitative estimate of drug-likeness (QED) is 0.781. The Morgan fingerprint density at radius 1 is 1.29 bits per heavy atom. The fourth-order valence-electron chi connectivity index (χ4n) is 2.24. The normalized spacial score (nSPS) is 18.1. The van der Waals surface area contributed by atoms with E-state index >= 15 is 0 Å². The van der Waals surface area contributed by atoms with Gasteiger partial charge in [0.15, 0.2) is 0 Å². The molecule has 2 rings (SSSR count). The van der Waals surface area contributed by atoms with Crippen LogP contribution in [0.4, 0.5) is 4.39 Å². The summed E-state index contributed by atoms with van der Waals surface area (Å²) in [6, 6.07) is 8.25.